The van der Waals surface area contributed by atoms with Crippen molar-refractivity contribution in [2.24, 2.45) is 5.73 Å². The maximum absolute atomic E-state index is 12.3. The molecule has 1 unspecified atom stereocenters. The first-order valence-corrected chi connectivity index (χ1v) is 6.95. The fraction of sp³-hybridized carbons (Fsp3) is 0.133. The maximum atomic E-state index is 12.3. The summed E-state index contributed by atoms with van der Waals surface area (Å²) in [6.07, 6.45) is 0. The molecule has 0 spiro atoms. The predicted octanol–water partition coefficient (Wildman–Crippen LogP) is 2.79. The van der Waals surface area contributed by atoms with Gasteiger partial charge in [-0.15, -0.1) is 0 Å². The number of nitrogens with zero attached hydrogens (tertiary/aromatic N) is 2. The van der Waals surface area contributed by atoms with E-state index in [1.54, 1.807) is 18.2 Å². The minimum atomic E-state index is -0.873. The van der Waals surface area contributed by atoms with E-state index in [2.05, 4.69) is 0 Å². The van der Waals surface area contributed by atoms with Gasteiger partial charge in [0.1, 0.15) is 6.04 Å². The summed E-state index contributed by atoms with van der Waals surface area (Å²) in [5.41, 5.74) is 7.81. The molecule has 1 atom stereocenters. The molecule has 2 N–H and O–H groups in total. The van der Waals surface area contributed by atoms with Crippen LogP contribution >= 0.6 is 11.6 Å². The molecular weight excluding hydrogens is 306 g/mol. The van der Waals surface area contributed by atoms with Crippen molar-refractivity contribution in [1.82, 2.24) is 0 Å². The predicted molar refractivity (Wildman–Crippen MR) is 82.7 cm³/mol. The molecule has 22 heavy (non-hydrogen) atoms. The molecule has 0 aliphatic carbocycles. The third-order valence-corrected chi connectivity index (χ3v) is 3.89. The molecule has 0 aromatic heterocycles. The van der Waals surface area contributed by atoms with E-state index in [4.69, 9.17) is 17.3 Å². The van der Waals surface area contributed by atoms with Gasteiger partial charge in [0.15, 0.2) is 0 Å². The van der Waals surface area contributed by atoms with Crippen molar-refractivity contribution in [3.05, 3.63) is 68.7 Å². The van der Waals surface area contributed by atoms with Crippen molar-refractivity contribution < 1.29 is 9.72 Å². The quantitative estimate of drug-likeness (QED) is 0.696. The fourth-order valence-corrected chi connectivity index (χ4v) is 2.63. The third kappa shape index (κ3) is 2.43. The van der Waals surface area contributed by atoms with Crippen LogP contribution in [0.4, 0.5) is 11.4 Å². The van der Waals surface area contributed by atoms with Crippen LogP contribution < -0.4 is 10.6 Å². The topological polar surface area (TPSA) is 89.5 Å². The van der Waals surface area contributed by atoms with E-state index in [0.29, 0.717) is 22.8 Å². The standard InChI is InChI=1S/C15H12ClN3O3/c16-10-3-1-9(2-4-10)8-18-13-6-5-11(19(21)22)7-12(13)14(17)15(18)20/h1-7,14H,8,17H2. The number of non-ortho nitro benzene ring substituents is 1. The van der Waals surface area contributed by atoms with Gasteiger partial charge >= 0.3 is 0 Å². The fourth-order valence-electron chi connectivity index (χ4n) is 2.51. The minimum Gasteiger partial charge on any atom is -0.316 e. The average Bonchev–Trinajstić information content (AvgIpc) is 2.74. The molecule has 112 valence electrons. The second-order valence-corrected chi connectivity index (χ2v) is 5.47. The Hall–Kier alpha value is -2.44. The van der Waals surface area contributed by atoms with Gasteiger partial charge in [-0.1, -0.05) is 23.7 Å². The Morgan fingerprint density at radius 3 is 2.55 bits per heavy atom. The number of halogens is 1. The van der Waals surface area contributed by atoms with Gasteiger partial charge in [0, 0.05) is 28.4 Å². The Morgan fingerprint density at radius 1 is 1.23 bits per heavy atom. The molecule has 7 heteroatoms. The molecule has 0 fully saturated rings. The first-order chi connectivity index (χ1) is 10.5. The van der Waals surface area contributed by atoms with Crippen molar-refractivity contribution in [3.63, 3.8) is 0 Å². The molecule has 0 bridgehead atoms. The number of nitro groups is 1. The molecule has 2 aromatic rings. The minimum absolute atomic E-state index is 0.0738. The highest BCUT2D eigenvalue weighted by Gasteiger charge is 2.35. The van der Waals surface area contributed by atoms with E-state index in [1.807, 2.05) is 12.1 Å². The normalized spacial score (nSPS) is 16.7. The molecular formula is C15H12ClN3O3. The van der Waals surface area contributed by atoms with Crippen LogP contribution in [0, 0.1) is 10.1 Å². The zero-order valence-electron chi connectivity index (χ0n) is 11.4. The van der Waals surface area contributed by atoms with Crippen LogP contribution in [-0.2, 0) is 11.3 Å². The van der Waals surface area contributed by atoms with E-state index in [9.17, 15) is 14.9 Å². The Labute approximate surface area is 131 Å². The number of hydrogen-bond donors (Lipinski definition) is 1. The molecule has 2 aromatic carbocycles. The van der Waals surface area contributed by atoms with E-state index in [-0.39, 0.29) is 11.6 Å². The zero-order valence-corrected chi connectivity index (χ0v) is 12.2. The second kappa shape index (κ2) is 5.40. The first-order valence-electron chi connectivity index (χ1n) is 6.57. The summed E-state index contributed by atoms with van der Waals surface area (Å²) in [6.45, 7) is 0.342. The Bertz CT molecular complexity index is 761. The molecule has 6 nitrogen and oxygen atoms in total. The van der Waals surface area contributed by atoms with Crippen molar-refractivity contribution in [3.8, 4) is 0 Å². The summed E-state index contributed by atoms with van der Waals surface area (Å²) in [5.74, 6) is -0.273. The average molecular weight is 318 g/mol. The molecule has 3 rings (SSSR count). The van der Waals surface area contributed by atoms with Crippen LogP contribution in [-0.4, -0.2) is 10.8 Å². The number of nitro benzene ring substituents is 1. The number of nitrogens with two attached hydrogens (primary N) is 1. The van der Waals surface area contributed by atoms with Gasteiger partial charge in [0.05, 0.1) is 11.5 Å². The lowest BCUT2D eigenvalue weighted by Gasteiger charge is -2.17. The Kier molecular flexibility index (Phi) is 3.56. The van der Waals surface area contributed by atoms with E-state index in [1.165, 1.54) is 17.0 Å². The lowest BCUT2D eigenvalue weighted by Crippen LogP contribution is -2.31. The summed E-state index contributed by atoms with van der Waals surface area (Å²) in [7, 11) is 0. The van der Waals surface area contributed by atoms with Gasteiger partial charge in [-0.2, -0.15) is 0 Å². The monoisotopic (exact) mass is 317 g/mol. The summed E-state index contributed by atoms with van der Waals surface area (Å²) in [6, 6.07) is 10.6. The number of carbonyl (C=O) groups excluding carboxylic acids is 1. The summed E-state index contributed by atoms with van der Waals surface area (Å²) >= 11 is 5.84. The molecule has 0 saturated heterocycles. The summed E-state index contributed by atoms with van der Waals surface area (Å²) < 4.78 is 0. The van der Waals surface area contributed by atoms with Crippen molar-refractivity contribution >= 4 is 28.9 Å². The lowest BCUT2D eigenvalue weighted by atomic mass is 10.1. The lowest BCUT2D eigenvalue weighted by molar-refractivity contribution is -0.384. The van der Waals surface area contributed by atoms with Gasteiger partial charge in [-0.05, 0) is 23.8 Å². The molecule has 0 radical (unpaired) electrons. The van der Waals surface area contributed by atoms with Crippen LogP contribution in [0.5, 0.6) is 0 Å². The molecule has 1 heterocycles. The first kappa shape index (κ1) is 14.5. The number of carbonyl (C=O) groups is 1. The highest BCUT2D eigenvalue weighted by atomic mass is 35.5. The molecule has 1 aliphatic heterocycles. The third-order valence-electron chi connectivity index (χ3n) is 3.63. The van der Waals surface area contributed by atoms with Crippen molar-refractivity contribution in [2.75, 3.05) is 4.90 Å². The van der Waals surface area contributed by atoms with Gasteiger partial charge in [-0.25, -0.2) is 0 Å². The number of rotatable bonds is 3. The molecule has 1 amide bonds. The number of benzene rings is 2. The SMILES string of the molecule is NC1C(=O)N(Cc2ccc(Cl)cc2)c2ccc([N+](=O)[O-])cc21. The largest absolute Gasteiger partial charge is 0.316 e. The smallest absolute Gasteiger partial charge is 0.269 e. The number of amides is 1. The van der Waals surface area contributed by atoms with Crippen LogP contribution in [0.15, 0.2) is 42.5 Å². The molecule has 1 aliphatic rings. The van der Waals surface area contributed by atoms with Gasteiger partial charge in [0.2, 0.25) is 5.91 Å². The van der Waals surface area contributed by atoms with Gasteiger partial charge in [0.25, 0.3) is 5.69 Å². The van der Waals surface area contributed by atoms with Crippen LogP contribution in [0.1, 0.15) is 17.2 Å². The van der Waals surface area contributed by atoms with E-state index in [0.717, 1.165) is 5.56 Å². The van der Waals surface area contributed by atoms with Crippen LogP contribution in [0.3, 0.4) is 0 Å². The Morgan fingerprint density at radius 2 is 1.91 bits per heavy atom. The van der Waals surface area contributed by atoms with E-state index < -0.39 is 11.0 Å². The molecule has 0 saturated carbocycles. The zero-order chi connectivity index (χ0) is 15.9. The number of anilines is 1. The van der Waals surface area contributed by atoms with Gasteiger partial charge in [-0.3, -0.25) is 14.9 Å². The summed E-state index contributed by atoms with van der Waals surface area (Å²) in [4.78, 5) is 24.2. The number of hydrogen-bond acceptors (Lipinski definition) is 4. The highest BCUT2D eigenvalue weighted by molar-refractivity contribution is 6.30. The van der Waals surface area contributed by atoms with E-state index >= 15 is 0 Å². The van der Waals surface area contributed by atoms with Crippen molar-refractivity contribution in [2.45, 2.75) is 12.6 Å². The number of fused-ring (bicyclic) bond motifs is 1. The maximum Gasteiger partial charge on any atom is 0.269 e. The van der Waals surface area contributed by atoms with Crippen LogP contribution in [0.25, 0.3) is 0 Å². The second-order valence-electron chi connectivity index (χ2n) is 5.03. The van der Waals surface area contributed by atoms with Gasteiger partial charge < -0.3 is 10.6 Å². The Balaban J connectivity index is 1.96. The van der Waals surface area contributed by atoms with Crippen LogP contribution in [0.2, 0.25) is 5.02 Å². The highest BCUT2D eigenvalue weighted by Crippen LogP contribution is 2.37. The van der Waals surface area contributed by atoms with Crippen molar-refractivity contribution in [1.29, 1.82) is 0 Å². The summed E-state index contributed by atoms with van der Waals surface area (Å²) in [5, 5.41) is 11.5.